The normalized spacial score (nSPS) is 11.3. The van der Waals surface area contributed by atoms with Crippen molar-refractivity contribution in [3.63, 3.8) is 0 Å². The van der Waals surface area contributed by atoms with E-state index >= 15 is 0 Å². The summed E-state index contributed by atoms with van der Waals surface area (Å²) in [5, 5.41) is 2.57. The zero-order valence-electron chi connectivity index (χ0n) is 18.0. The lowest BCUT2D eigenvalue weighted by Crippen LogP contribution is -1.93. The number of benzene rings is 5. The zero-order chi connectivity index (χ0) is 21.5. The number of fused-ring (bicyclic) bond motifs is 3. The molecule has 0 saturated carbocycles. The molecule has 0 spiro atoms. The minimum absolute atomic E-state index is 1.19. The van der Waals surface area contributed by atoms with Gasteiger partial charge in [0.2, 0.25) is 0 Å². The van der Waals surface area contributed by atoms with Gasteiger partial charge in [-0.3, -0.25) is 0 Å². The molecule has 1 heterocycles. The predicted molar refractivity (Wildman–Crippen MR) is 136 cm³/mol. The van der Waals surface area contributed by atoms with Crippen LogP contribution in [-0.2, 0) is 0 Å². The van der Waals surface area contributed by atoms with Gasteiger partial charge in [0.15, 0.2) is 0 Å². The van der Waals surface area contributed by atoms with Crippen LogP contribution in [0.3, 0.4) is 0 Å². The highest BCUT2D eigenvalue weighted by molar-refractivity contribution is 6.10. The molecule has 6 aromatic rings. The van der Waals surface area contributed by atoms with Crippen molar-refractivity contribution in [3.8, 4) is 27.9 Å². The van der Waals surface area contributed by atoms with E-state index in [2.05, 4.69) is 133 Å². The minimum Gasteiger partial charge on any atom is -0.309 e. The standard InChI is InChI=1S/C31H23N/c1-22-18-25(23-10-4-2-5-11-23)20-26(19-22)24-16-17-29-28-14-8-9-15-30(28)32(31(29)21-24)27-12-6-3-7-13-27/h2-21H,1H3. The molecule has 1 heteroatoms. The molecule has 1 nitrogen and oxygen atoms in total. The van der Waals surface area contributed by atoms with Gasteiger partial charge in [-0.05, 0) is 65.1 Å². The fraction of sp³-hybridized carbons (Fsp3) is 0.0323. The summed E-state index contributed by atoms with van der Waals surface area (Å²) in [4.78, 5) is 0. The van der Waals surface area contributed by atoms with Crippen LogP contribution in [0.5, 0.6) is 0 Å². The number of hydrogen-bond donors (Lipinski definition) is 0. The van der Waals surface area contributed by atoms with Crippen LogP contribution in [-0.4, -0.2) is 4.57 Å². The third-order valence-corrected chi connectivity index (χ3v) is 6.21. The third kappa shape index (κ3) is 3.11. The Labute approximate surface area is 188 Å². The molecule has 152 valence electrons. The van der Waals surface area contributed by atoms with Crippen LogP contribution >= 0.6 is 0 Å². The predicted octanol–water partition coefficient (Wildman–Crippen LogP) is 8.43. The topological polar surface area (TPSA) is 4.93 Å². The monoisotopic (exact) mass is 409 g/mol. The molecule has 0 unspecified atom stereocenters. The summed E-state index contributed by atoms with van der Waals surface area (Å²) in [6.07, 6.45) is 0. The molecule has 0 aliphatic heterocycles. The number of aromatic nitrogens is 1. The van der Waals surface area contributed by atoms with Crippen molar-refractivity contribution in [1.82, 2.24) is 4.57 Å². The molecule has 6 rings (SSSR count). The van der Waals surface area contributed by atoms with Crippen LogP contribution in [0.2, 0.25) is 0 Å². The number of nitrogens with zero attached hydrogens (tertiary/aromatic N) is 1. The summed E-state index contributed by atoms with van der Waals surface area (Å²) in [5.74, 6) is 0. The molecule has 5 aromatic carbocycles. The molecular formula is C31H23N. The maximum Gasteiger partial charge on any atom is 0.0547 e. The third-order valence-electron chi connectivity index (χ3n) is 6.21. The van der Waals surface area contributed by atoms with Crippen LogP contribution in [0.1, 0.15) is 5.56 Å². The quantitative estimate of drug-likeness (QED) is 0.276. The Morgan fingerprint density at radius 2 is 1.06 bits per heavy atom. The molecule has 32 heavy (non-hydrogen) atoms. The van der Waals surface area contributed by atoms with Gasteiger partial charge in [0.1, 0.15) is 0 Å². The molecule has 0 fully saturated rings. The maximum atomic E-state index is 2.38. The van der Waals surface area contributed by atoms with Gasteiger partial charge in [-0.25, -0.2) is 0 Å². The Hall–Kier alpha value is -4.10. The first-order valence-corrected chi connectivity index (χ1v) is 11.0. The van der Waals surface area contributed by atoms with Crippen molar-refractivity contribution < 1.29 is 0 Å². The lowest BCUT2D eigenvalue weighted by atomic mass is 9.96. The van der Waals surface area contributed by atoms with Gasteiger partial charge < -0.3 is 4.57 Å². The van der Waals surface area contributed by atoms with Gasteiger partial charge in [0.25, 0.3) is 0 Å². The molecule has 0 N–H and O–H groups in total. The second kappa shape index (κ2) is 7.55. The molecule has 0 bridgehead atoms. The highest BCUT2D eigenvalue weighted by Gasteiger charge is 2.13. The van der Waals surface area contributed by atoms with Crippen molar-refractivity contribution in [3.05, 3.63) is 127 Å². The van der Waals surface area contributed by atoms with Crippen molar-refractivity contribution >= 4 is 21.8 Å². The largest absolute Gasteiger partial charge is 0.309 e. The van der Waals surface area contributed by atoms with Crippen LogP contribution < -0.4 is 0 Å². The van der Waals surface area contributed by atoms with Crippen LogP contribution in [0.4, 0.5) is 0 Å². The summed E-state index contributed by atoms with van der Waals surface area (Å²) >= 11 is 0. The molecule has 0 amide bonds. The van der Waals surface area contributed by atoms with E-state index in [-0.39, 0.29) is 0 Å². The number of para-hydroxylation sites is 2. The SMILES string of the molecule is Cc1cc(-c2ccccc2)cc(-c2ccc3c4ccccc4n(-c4ccccc4)c3c2)c1. The second-order valence-electron chi connectivity index (χ2n) is 8.37. The van der Waals surface area contributed by atoms with Gasteiger partial charge in [0, 0.05) is 16.5 Å². The summed E-state index contributed by atoms with van der Waals surface area (Å²) in [7, 11) is 0. The Morgan fingerprint density at radius 1 is 0.438 bits per heavy atom. The van der Waals surface area contributed by atoms with E-state index in [0.29, 0.717) is 0 Å². The Bertz CT molecular complexity index is 1560. The average Bonchev–Trinajstić information content (AvgIpc) is 3.18. The van der Waals surface area contributed by atoms with Gasteiger partial charge in [-0.1, -0.05) is 91.0 Å². The van der Waals surface area contributed by atoms with Crippen LogP contribution in [0.25, 0.3) is 49.7 Å². The zero-order valence-corrected chi connectivity index (χ0v) is 18.0. The smallest absolute Gasteiger partial charge is 0.0547 e. The lowest BCUT2D eigenvalue weighted by Gasteiger charge is -2.11. The van der Waals surface area contributed by atoms with E-state index in [4.69, 9.17) is 0 Å². The number of hydrogen-bond acceptors (Lipinski definition) is 0. The fourth-order valence-electron chi connectivity index (χ4n) is 4.75. The first kappa shape index (κ1) is 18.7. The highest BCUT2D eigenvalue weighted by Crippen LogP contribution is 2.36. The summed E-state index contributed by atoms with van der Waals surface area (Å²) in [6.45, 7) is 2.18. The van der Waals surface area contributed by atoms with E-state index in [1.54, 1.807) is 0 Å². The van der Waals surface area contributed by atoms with Gasteiger partial charge >= 0.3 is 0 Å². The molecular weight excluding hydrogens is 386 g/mol. The Morgan fingerprint density at radius 3 is 1.84 bits per heavy atom. The molecule has 1 aromatic heterocycles. The van der Waals surface area contributed by atoms with Crippen LogP contribution in [0, 0.1) is 6.92 Å². The number of aryl methyl sites for hydroxylation is 1. The second-order valence-corrected chi connectivity index (χ2v) is 8.37. The van der Waals surface area contributed by atoms with Crippen molar-refractivity contribution in [1.29, 1.82) is 0 Å². The minimum atomic E-state index is 1.19. The van der Waals surface area contributed by atoms with Gasteiger partial charge in [-0.2, -0.15) is 0 Å². The molecule has 0 saturated heterocycles. The molecule has 0 aliphatic rings. The van der Waals surface area contributed by atoms with Crippen molar-refractivity contribution in [2.24, 2.45) is 0 Å². The van der Waals surface area contributed by atoms with Crippen LogP contribution in [0.15, 0.2) is 121 Å². The van der Waals surface area contributed by atoms with E-state index in [0.717, 1.165) is 0 Å². The summed E-state index contributed by atoms with van der Waals surface area (Å²) < 4.78 is 2.38. The van der Waals surface area contributed by atoms with E-state index in [1.807, 2.05) is 0 Å². The highest BCUT2D eigenvalue weighted by atomic mass is 15.0. The first-order valence-electron chi connectivity index (χ1n) is 11.0. The van der Waals surface area contributed by atoms with E-state index in [9.17, 15) is 0 Å². The fourth-order valence-corrected chi connectivity index (χ4v) is 4.75. The summed E-state index contributed by atoms with van der Waals surface area (Å²) in [5.41, 5.74) is 9.91. The lowest BCUT2D eigenvalue weighted by molar-refractivity contribution is 1.18. The number of rotatable bonds is 3. The summed E-state index contributed by atoms with van der Waals surface area (Å²) in [6, 6.07) is 43.6. The first-order chi connectivity index (χ1) is 15.8. The average molecular weight is 410 g/mol. The van der Waals surface area contributed by atoms with E-state index < -0.39 is 0 Å². The van der Waals surface area contributed by atoms with Crippen molar-refractivity contribution in [2.75, 3.05) is 0 Å². The van der Waals surface area contributed by atoms with Gasteiger partial charge in [0.05, 0.1) is 11.0 Å². The van der Waals surface area contributed by atoms with Crippen molar-refractivity contribution in [2.45, 2.75) is 6.92 Å². The molecule has 0 radical (unpaired) electrons. The molecule has 0 aliphatic carbocycles. The van der Waals surface area contributed by atoms with E-state index in [1.165, 1.54) is 55.3 Å². The molecule has 0 atom stereocenters. The van der Waals surface area contributed by atoms with Gasteiger partial charge in [-0.15, -0.1) is 0 Å². The maximum absolute atomic E-state index is 2.38. The Balaban J connectivity index is 1.60. The Kier molecular flexibility index (Phi) is 4.40.